The lowest BCUT2D eigenvalue weighted by molar-refractivity contribution is 0.476. The number of phenolic OH excluding ortho intramolecular Hbond substituents is 1. The number of hydrogen-bond donors (Lipinski definition) is 1. The molecule has 2 aromatic carbocycles. The Kier molecular flexibility index (Phi) is 2.90. The number of para-hydroxylation sites is 1. The predicted molar refractivity (Wildman–Crippen MR) is 80.5 cm³/mol. The van der Waals surface area contributed by atoms with Crippen LogP contribution in [-0.2, 0) is 6.42 Å². The molecular weight excluding hydrogens is 304 g/mol. The molecule has 3 aromatic rings. The molecule has 0 unspecified atom stereocenters. The number of halogens is 1. The highest BCUT2D eigenvalue weighted by atomic mass is 79.9. The van der Waals surface area contributed by atoms with Crippen molar-refractivity contribution in [3.8, 4) is 5.75 Å². The Labute approximate surface area is 119 Å². The minimum atomic E-state index is 0.203. The fraction of sp³-hybridized carbons (Fsp3) is 0.200. The smallest absolute Gasteiger partial charge is 0.146 e. The molecule has 19 heavy (non-hydrogen) atoms. The zero-order valence-electron chi connectivity index (χ0n) is 10.7. The SMILES string of the molecule is CCc1cccc2nc3c(O)c(C)cc(Br)c3nc12. The fourth-order valence-electron chi connectivity index (χ4n) is 2.27. The van der Waals surface area contributed by atoms with E-state index in [1.165, 1.54) is 5.56 Å². The maximum atomic E-state index is 10.1. The Hall–Kier alpha value is -1.68. The van der Waals surface area contributed by atoms with Crippen LogP contribution in [0.15, 0.2) is 28.7 Å². The predicted octanol–water partition coefficient (Wildman–Crippen LogP) is 4.12. The first-order valence-electron chi connectivity index (χ1n) is 6.19. The molecule has 0 aliphatic heterocycles. The maximum absolute atomic E-state index is 10.1. The largest absolute Gasteiger partial charge is 0.505 e. The molecule has 0 saturated carbocycles. The average Bonchev–Trinajstić information content (AvgIpc) is 2.42. The van der Waals surface area contributed by atoms with Crippen molar-refractivity contribution in [3.63, 3.8) is 0 Å². The van der Waals surface area contributed by atoms with E-state index >= 15 is 0 Å². The first-order valence-corrected chi connectivity index (χ1v) is 6.98. The van der Waals surface area contributed by atoms with E-state index in [1.807, 2.05) is 25.1 Å². The summed E-state index contributed by atoms with van der Waals surface area (Å²) in [6.45, 7) is 3.95. The molecule has 1 N–H and O–H groups in total. The van der Waals surface area contributed by atoms with Gasteiger partial charge in [-0.2, -0.15) is 0 Å². The summed E-state index contributed by atoms with van der Waals surface area (Å²) in [5.41, 5.74) is 4.93. The topological polar surface area (TPSA) is 46.0 Å². The molecule has 0 aliphatic carbocycles. The molecule has 1 heterocycles. The first-order chi connectivity index (χ1) is 9.11. The monoisotopic (exact) mass is 316 g/mol. The van der Waals surface area contributed by atoms with Crippen LogP contribution in [0, 0.1) is 6.92 Å². The summed E-state index contributed by atoms with van der Waals surface area (Å²) in [5, 5.41) is 10.1. The number of aromatic hydroxyl groups is 1. The van der Waals surface area contributed by atoms with Crippen LogP contribution in [0.3, 0.4) is 0 Å². The highest BCUT2D eigenvalue weighted by Crippen LogP contribution is 2.33. The molecule has 0 bridgehead atoms. The van der Waals surface area contributed by atoms with Gasteiger partial charge in [0.15, 0.2) is 0 Å². The van der Waals surface area contributed by atoms with Gasteiger partial charge in [0.05, 0.1) is 11.0 Å². The maximum Gasteiger partial charge on any atom is 0.146 e. The van der Waals surface area contributed by atoms with Crippen molar-refractivity contribution in [1.29, 1.82) is 0 Å². The van der Waals surface area contributed by atoms with Crippen LogP contribution in [0.4, 0.5) is 0 Å². The van der Waals surface area contributed by atoms with E-state index in [0.29, 0.717) is 11.0 Å². The third kappa shape index (κ3) is 1.87. The Morgan fingerprint density at radius 2 is 1.95 bits per heavy atom. The normalized spacial score (nSPS) is 11.3. The zero-order valence-corrected chi connectivity index (χ0v) is 12.3. The van der Waals surface area contributed by atoms with Crippen molar-refractivity contribution in [2.75, 3.05) is 0 Å². The van der Waals surface area contributed by atoms with Crippen LogP contribution in [-0.4, -0.2) is 15.1 Å². The Balaban J connectivity index is 2.52. The van der Waals surface area contributed by atoms with E-state index < -0.39 is 0 Å². The number of benzene rings is 2. The summed E-state index contributed by atoms with van der Waals surface area (Å²) in [6.07, 6.45) is 0.910. The van der Waals surface area contributed by atoms with Gasteiger partial charge in [-0.25, -0.2) is 9.97 Å². The summed E-state index contributed by atoms with van der Waals surface area (Å²) in [5.74, 6) is 0.203. The fourth-order valence-corrected chi connectivity index (χ4v) is 2.89. The van der Waals surface area contributed by atoms with Gasteiger partial charge >= 0.3 is 0 Å². The molecule has 0 saturated heterocycles. The Morgan fingerprint density at radius 1 is 1.16 bits per heavy atom. The van der Waals surface area contributed by atoms with Gasteiger partial charge in [0, 0.05) is 4.47 Å². The van der Waals surface area contributed by atoms with Gasteiger partial charge in [-0.1, -0.05) is 19.1 Å². The number of phenols is 1. The van der Waals surface area contributed by atoms with Crippen molar-refractivity contribution in [3.05, 3.63) is 39.9 Å². The molecule has 0 fully saturated rings. The standard InChI is InChI=1S/C15H13BrN2O/c1-3-9-5-4-6-11-12(9)18-13-10(16)7-8(2)15(19)14(13)17-11/h4-7,19H,3H2,1-2H3. The van der Waals surface area contributed by atoms with E-state index in [2.05, 4.69) is 38.9 Å². The second-order valence-corrected chi connectivity index (χ2v) is 5.44. The lowest BCUT2D eigenvalue weighted by Gasteiger charge is -2.09. The number of aromatic nitrogens is 2. The first kappa shape index (κ1) is 12.4. The molecular formula is C15H13BrN2O. The van der Waals surface area contributed by atoms with E-state index in [-0.39, 0.29) is 5.75 Å². The van der Waals surface area contributed by atoms with Crippen LogP contribution in [0.25, 0.3) is 22.1 Å². The molecule has 0 amide bonds. The van der Waals surface area contributed by atoms with Gasteiger partial charge in [0.1, 0.15) is 16.8 Å². The number of hydrogen-bond acceptors (Lipinski definition) is 3. The van der Waals surface area contributed by atoms with Crippen LogP contribution in [0.2, 0.25) is 0 Å². The Morgan fingerprint density at radius 3 is 2.68 bits per heavy atom. The van der Waals surface area contributed by atoms with Gasteiger partial charge in [-0.05, 0) is 52.5 Å². The van der Waals surface area contributed by atoms with Gasteiger partial charge in [-0.15, -0.1) is 0 Å². The second-order valence-electron chi connectivity index (χ2n) is 4.58. The lowest BCUT2D eigenvalue weighted by atomic mass is 10.1. The van der Waals surface area contributed by atoms with Crippen molar-refractivity contribution >= 4 is 38.0 Å². The van der Waals surface area contributed by atoms with Crippen LogP contribution in [0.1, 0.15) is 18.1 Å². The van der Waals surface area contributed by atoms with Crippen LogP contribution in [0.5, 0.6) is 5.75 Å². The van der Waals surface area contributed by atoms with Gasteiger partial charge in [0.25, 0.3) is 0 Å². The molecule has 0 radical (unpaired) electrons. The molecule has 0 spiro atoms. The van der Waals surface area contributed by atoms with Gasteiger partial charge < -0.3 is 5.11 Å². The number of fused-ring (bicyclic) bond motifs is 2. The molecule has 0 aliphatic rings. The van der Waals surface area contributed by atoms with Crippen LogP contribution >= 0.6 is 15.9 Å². The van der Waals surface area contributed by atoms with Crippen LogP contribution < -0.4 is 0 Å². The highest BCUT2D eigenvalue weighted by molar-refractivity contribution is 9.10. The van der Waals surface area contributed by atoms with Crippen molar-refractivity contribution in [1.82, 2.24) is 9.97 Å². The molecule has 1 aromatic heterocycles. The number of aryl methyl sites for hydroxylation is 2. The zero-order chi connectivity index (χ0) is 13.6. The molecule has 3 rings (SSSR count). The summed E-state index contributed by atoms with van der Waals surface area (Å²) in [7, 11) is 0. The summed E-state index contributed by atoms with van der Waals surface area (Å²) < 4.78 is 0.859. The van der Waals surface area contributed by atoms with E-state index in [9.17, 15) is 5.11 Å². The average molecular weight is 317 g/mol. The number of rotatable bonds is 1. The van der Waals surface area contributed by atoms with E-state index in [1.54, 1.807) is 0 Å². The third-order valence-corrected chi connectivity index (χ3v) is 3.93. The van der Waals surface area contributed by atoms with Crippen molar-refractivity contribution in [2.45, 2.75) is 20.3 Å². The minimum Gasteiger partial charge on any atom is -0.505 e. The molecule has 3 nitrogen and oxygen atoms in total. The molecule has 0 atom stereocenters. The van der Waals surface area contributed by atoms with E-state index in [0.717, 1.165) is 27.5 Å². The Bertz CT molecular complexity index is 799. The third-order valence-electron chi connectivity index (χ3n) is 3.33. The number of nitrogens with zero attached hydrogens (tertiary/aromatic N) is 2. The minimum absolute atomic E-state index is 0.203. The quantitative estimate of drug-likeness (QED) is 0.687. The summed E-state index contributed by atoms with van der Waals surface area (Å²) in [4.78, 5) is 9.25. The lowest BCUT2D eigenvalue weighted by Crippen LogP contribution is -1.94. The molecule has 96 valence electrons. The van der Waals surface area contributed by atoms with E-state index in [4.69, 9.17) is 0 Å². The second kappa shape index (κ2) is 4.46. The van der Waals surface area contributed by atoms with Crippen molar-refractivity contribution in [2.24, 2.45) is 0 Å². The van der Waals surface area contributed by atoms with Gasteiger partial charge in [0.2, 0.25) is 0 Å². The summed E-state index contributed by atoms with van der Waals surface area (Å²) >= 11 is 3.50. The highest BCUT2D eigenvalue weighted by Gasteiger charge is 2.12. The van der Waals surface area contributed by atoms with Crippen molar-refractivity contribution < 1.29 is 5.11 Å². The van der Waals surface area contributed by atoms with Gasteiger partial charge in [-0.3, -0.25) is 0 Å². The summed E-state index contributed by atoms with van der Waals surface area (Å²) in [6, 6.07) is 7.83. The molecule has 4 heteroatoms.